The van der Waals surface area contributed by atoms with E-state index in [2.05, 4.69) is 12.2 Å². The molecule has 0 heterocycles. The average Bonchev–Trinajstić information content (AvgIpc) is 2.86. The minimum Gasteiger partial charge on any atom is -0.480 e. The van der Waals surface area contributed by atoms with Gasteiger partial charge < -0.3 is 15.2 Å². The minimum atomic E-state index is -1.03. The summed E-state index contributed by atoms with van der Waals surface area (Å²) in [5, 5.41) is 11.8. The van der Waals surface area contributed by atoms with Crippen molar-refractivity contribution in [3.63, 3.8) is 0 Å². The average molecular weight is 508 g/mol. The van der Waals surface area contributed by atoms with Gasteiger partial charge in [-0.25, -0.2) is 9.59 Å². The lowest BCUT2D eigenvalue weighted by Crippen LogP contribution is -2.42. The third kappa shape index (κ3) is 19.2. The Labute approximate surface area is 218 Å². The monoisotopic (exact) mass is 507 g/mol. The van der Waals surface area contributed by atoms with Gasteiger partial charge in [0.2, 0.25) is 0 Å². The summed E-state index contributed by atoms with van der Waals surface area (Å²) < 4.78 is 5.13. The van der Waals surface area contributed by atoms with E-state index in [4.69, 9.17) is 4.74 Å². The summed E-state index contributed by atoms with van der Waals surface area (Å²) in [5.41, 5.74) is 0.868. The van der Waals surface area contributed by atoms with Gasteiger partial charge in [0.05, 0.1) is 0 Å². The highest BCUT2D eigenvalue weighted by Gasteiger charge is 2.20. The zero-order chi connectivity index (χ0) is 25.4. The lowest BCUT2D eigenvalue weighted by molar-refractivity contribution is -0.138. The molecule has 0 aliphatic rings. The molecule has 0 unspecified atom stereocenters. The van der Waals surface area contributed by atoms with E-state index in [0.717, 1.165) is 17.7 Å². The Kier molecular flexibility index (Phi) is 20.4. The van der Waals surface area contributed by atoms with Gasteiger partial charge in [-0.15, -0.1) is 0 Å². The van der Waals surface area contributed by atoms with E-state index in [1.165, 1.54) is 96.3 Å². The number of nitrogens with one attached hydrogen (secondary N) is 1. The molecule has 1 rings (SSSR count). The number of ether oxygens (including phenoxy) is 1. The molecule has 1 amide bonds. The van der Waals surface area contributed by atoms with Gasteiger partial charge in [-0.3, -0.25) is 0 Å². The lowest BCUT2D eigenvalue weighted by atomic mass is 10.0. The second-order valence-corrected chi connectivity index (χ2v) is 10.6. The fraction of sp³-hybridized carbons (Fsp3) is 0.724. The lowest BCUT2D eigenvalue weighted by Gasteiger charge is -2.14. The Morgan fingerprint density at radius 1 is 0.800 bits per heavy atom. The number of hydrogen-bond donors (Lipinski definition) is 2. The van der Waals surface area contributed by atoms with Crippen molar-refractivity contribution in [2.45, 2.75) is 122 Å². The van der Waals surface area contributed by atoms with Crippen molar-refractivity contribution in [2.75, 3.05) is 11.5 Å². The molecule has 6 heteroatoms. The Morgan fingerprint density at radius 2 is 1.29 bits per heavy atom. The minimum absolute atomic E-state index is 0.130. The molecule has 0 fully saturated rings. The predicted molar refractivity (Wildman–Crippen MR) is 148 cm³/mol. The van der Waals surface area contributed by atoms with Crippen LogP contribution in [0.25, 0.3) is 0 Å². The molecular weight excluding hydrogens is 458 g/mol. The Balaban J connectivity index is 1.90. The van der Waals surface area contributed by atoms with E-state index in [1.54, 1.807) is 11.8 Å². The van der Waals surface area contributed by atoms with Crippen LogP contribution in [-0.4, -0.2) is 34.7 Å². The summed E-state index contributed by atoms with van der Waals surface area (Å²) in [6, 6.07) is 8.41. The van der Waals surface area contributed by atoms with Gasteiger partial charge >= 0.3 is 12.1 Å². The molecule has 5 nitrogen and oxygen atoms in total. The second kappa shape index (κ2) is 22.8. The number of thioether (sulfide) groups is 1. The van der Waals surface area contributed by atoms with Crippen LogP contribution in [0.3, 0.4) is 0 Å². The summed E-state index contributed by atoms with van der Waals surface area (Å²) in [7, 11) is 0. The number of carboxylic acid groups (broad SMARTS) is 1. The maximum Gasteiger partial charge on any atom is 0.408 e. The van der Waals surface area contributed by atoms with E-state index in [9.17, 15) is 14.7 Å². The molecule has 200 valence electrons. The van der Waals surface area contributed by atoms with Crippen LogP contribution in [0.15, 0.2) is 30.3 Å². The topological polar surface area (TPSA) is 75.6 Å². The number of carbonyl (C=O) groups excluding carboxylic acids is 1. The van der Waals surface area contributed by atoms with E-state index >= 15 is 0 Å². The highest BCUT2D eigenvalue weighted by molar-refractivity contribution is 7.99. The van der Waals surface area contributed by atoms with Gasteiger partial charge in [-0.1, -0.05) is 134 Å². The van der Waals surface area contributed by atoms with Crippen LogP contribution in [-0.2, 0) is 16.1 Å². The maximum absolute atomic E-state index is 11.9. The van der Waals surface area contributed by atoms with E-state index in [1.807, 2.05) is 30.3 Å². The molecule has 0 spiro atoms. The van der Waals surface area contributed by atoms with Crippen molar-refractivity contribution in [1.29, 1.82) is 0 Å². The van der Waals surface area contributed by atoms with Crippen molar-refractivity contribution in [3.05, 3.63) is 35.9 Å². The number of benzene rings is 1. The van der Waals surface area contributed by atoms with Crippen LogP contribution in [0.2, 0.25) is 0 Å². The van der Waals surface area contributed by atoms with Gasteiger partial charge in [0.1, 0.15) is 12.6 Å². The van der Waals surface area contributed by atoms with Gasteiger partial charge in [0, 0.05) is 5.75 Å². The standard InChI is InChI=1S/C29H49NO4S/c1-2-3-4-5-6-7-8-9-10-11-12-13-14-15-16-20-23-35-25-27(28(31)32)30-29(33)34-24-26-21-18-17-19-22-26/h17-19,21-22,27H,2-16,20,23-25H2,1H3,(H,30,33)(H,31,32)/t27-/m1/s1. The third-order valence-corrected chi connectivity index (χ3v) is 7.38. The first-order chi connectivity index (χ1) is 17.1. The van der Waals surface area contributed by atoms with Crippen LogP contribution in [0, 0.1) is 0 Å². The molecule has 0 saturated heterocycles. The highest BCUT2D eigenvalue weighted by atomic mass is 32.2. The van der Waals surface area contributed by atoms with Crippen molar-refractivity contribution in [3.8, 4) is 0 Å². The smallest absolute Gasteiger partial charge is 0.408 e. The first-order valence-corrected chi connectivity index (χ1v) is 15.1. The van der Waals surface area contributed by atoms with Gasteiger partial charge in [0.15, 0.2) is 0 Å². The fourth-order valence-corrected chi connectivity index (χ4v) is 5.07. The highest BCUT2D eigenvalue weighted by Crippen LogP contribution is 2.15. The third-order valence-electron chi connectivity index (χ3n) is 6.23. The quantitative estimate of drug-likeness (QED) is 0.146. The fourth-order valence-electron chi connectivity index (χ4n) is 4.04. The number of carbonyl (C=O) groups is 2. The van der Waals surface area contributed by atoms with Gasteiger partial charge in [-0.2, -0.15) is 11.8 Å². The second-order valence-electron chi connectivity index (χ2n) is 9.48. The summed E-state index contributed by atoms with van der Waals surface area (Å²) >= 11 is 1.58. The molecule has 0 bridgehead atoms. The molecular formula is C29H49NO4S. The number of aliphatic carboxylic acids is 1. The Bertz CT molecular complexity index is 641. The molecule has 0 radical (unpaired) electrons. The zero-order valence-corrected chi connectivity index (χ0v) is 22.8. The molecule has 0 aromatic heterocycles. The van der Waals surface area contributed by atoms with E-state index in [0.29, 0.717) is 5.75 Å². The summed E-state index contributed by atoms with van der Waals surface area (Å²) in [5.74, 6) is 0.249. The van der Waals surface area contributed by atoms with E-state index in [-0.39, 0.29) is 6.61 Å². The van der Waals surface area contributed by atoms with Gasteiger partial charge in [0.25, 0.3) is 0 Å². The first kappa shape index (κ1) is 31.3. The molecule has 1 aromatic carbocycles. The van der Waals surface area contributed by atoms with Crippen molar-refractivity contribution in [2.24, 2.45) is 0 Å². The Hall–Kier alpha value is -1.69. The predicted octanol–water partition coefficient (Wildman–Crippen LogP) is 8.36. The van der Waals surface area contributed by atoms with E-state index < -0.39 is 18.1 Å². The summed E-state index contributed by atoms with van der Waals surface area (Å²) in [6.45, 7) is 2.40. The molecule has 0 aliphatic heterocycles. The number of alkyl carbamates (subject to hydrolysis) is 1. The maximum atomic E-state index is 11.9. The Morgan fingerprint density at radius 3 is 1.77 bits per heavy atom. The zero-order valence-electron chi connectivity index (χ0n) is 22.0. The molecule has 2 N–H and O–H groups in total. The molecule has 0 aliphatic carbocycles. The first-order valence-electron chi connectivity index (χ1n) is 13.9. The molecule has 0 saturated carbocycles. The van der Waals surface area contributed by atoms with Crippen LogP contribution >= 0.6 is 11.8 Å². The number of amides is 1. The number of rotatable bonds is 23. The largest absolute Gasteiger partial charge is 0.480 e. The van der Waals surface area contributed by atoms with Crippen molar-refractivity contribution < 1.29 is 19.4 Å². The molecule has 35 heavy (non-hydrogen) atoms. The van der Waals surface area contributed by atoms with Crippen LogP contribution in [0.1, 0.15) is 115 Å². The number of hydrogen-bond acceptors (Lipinski definition) is 4. The van der Waals surface area contributed by atoms with Crippen molar-refractivity contribution >= 4 is 23.8 Å². The van der Waals surface area contributed by atoms with Crippen LogP contribution in [0.4, 0.5) is 4.79 Å². The van der Waals surface area contributed by atoms with Crippen LogP contribution in [0.5, 0.6) is 0 Å². The SMILES string of the molecule is CCCCCCCCCCCCCCCCCCSC[C@@H](NC(=O)OCc1ccccc1)C(=O)O. The molecule has 1 atom stereocenters. The number of unbranched alkanes of at least 4 members (excludes halogenated alkanes) is 15. The summed E-state index contributed by atoms with van der Waals surface area (Å²) in [4.78, 5) is 23.4. The molecule has 1 aromatic rings. The summed E-state index contributed by atoms with van der Waals surface area (Å²) in [6.07, 6.45) is 20.8. The van der Waals surface area contributed by atoms with Crippen LogP contribution < -0.4 is 5.32 Å². The van der Waals surface area contributed by atoms with Crippen molar-refractivity contribution in [1.82, 2.24) is 5.32 Å². The normalized spacial score (nSPS) is 11.8. The number of carboxylic acids is 1. The van der Waals surface area contributed by atoms with Gasteiger partial charge in [-0.05, 0) is 17.7 Å².